The maximum Gasteiger partial charge on any atom is 0.171 e. The van der Waals surface area contributed by atoms with Gasteiger partial charge in [0.1, 0.15) is 0 Å². The molecule has 0 radical (unpaired) electrons. The van der Waals surface area contributed by atoms with Crippen LogP contribution in [0, 0.1) is 0 Å². The molecule has 0 bridgehead atoms. The quantitative estimate of drug-likeness (QED) is 0.705. The fourth-order valence-corrected chi connectivity index (χ4v) is 3.22. The van der Waals surface area contributed by atoms with Gasteiger partial charge in [-0.05, 0) is 25.7 Å². The SMILES string of the molecule is COC1(OC2(OC)CCCCC2)CCCCC1. The van der Waals surface area contributed by atoms with Crippen LogP contribution in [0.15, 0.2) is 0 Å². The fourth-order valence-electron chi connectivity index (χ4n) is 3.22. The predicted octanol–water partition coefficient (Wildman–Crippen LogP) is 3.62. The minimum Gasteiger partial charge on any atom is -0.353 e. The van der Waals surface area contributed by atoms with Crippen molar-refractivity contribution in [3.05, 3.63) is 0 Å². The number of hydrogen-bond acceptors (Lipinski definition) is 3. The molecule has 3 heteroatoms. The lowest BCUT2D eigenvalue weighted by Gasteiger charge is -2.45. The normalized spacial score (nSPS) is 27.9. The highest BCUT2D eigenvalue weighted by atomic mass is 16.8. The van der Waals surface area contributed by atoms with Gasteiger partial charge < -0.3 is 14.2 Å². The molecule has 0 aliphatic heterocycles. The molecule has 0 aromatic heterocycles. The van der Waals surface area contributed by atoms with Crippen molar-refractivity contribution in [2.75, 3.05) is 14.2 Å². The number of rotatable bonds is 4. The largest absolute Gasteiger partial charge is 0.353 e. The highest BCUT2D eigenvalue weighted by Crippen LogP contribution is 2.41. The Kier molecular flexibility index (Phi) is 4.45. The summed E-state index contributed by atoms with van der Waals surface area (Å²) >= 11 is 0. The standard InChI is InChI=1S/C14H26O3/c1-15-13(9-5-3-6-10-13)17-14(16-2)11-7-4-8-12-14/h3-12H2,1-2H3. The van der Waals surface area contributed by atoms with E-state index in [0.29, 0.717) is 0 Å². The Morgan fingerprint density at radius 3 is 1.24 bits per heavy atom. The Bertz CT molecular complexity index is 204. The first-order valence-corrected chi connectivity index (χ1v) is 7.05. The Balaban J connectivity index is 2.04. The van der Waals surface area contributed by atoms with Gasteiger partial charge in [-0.25, -0.2) is 0 Å². The van der Waals surface area contributed by atoms with Gasteiger partial charge in [-0.2, -0.15) is 0 Å². The maximum atomic E-state index is 6.36. The first-order valence-electron chi connectivity index (χ1n) is 7.05. The van der Waals surface area contributed by atoms with E-state index < -0.39 is 0 Å². The summed E-state index contributed by atoms with van der Waals surface area (Å²) in [4.78, 5) is 0. The van der Waals surface area contributed by atoms with Crippen LogP contribution >= 0.6 is 0 Å². The third-order valence-corrected chi connectivity index (χ3v) is 4.35. The Morgan fingerprint density at radius 2 is 0.941 bits per heavy atom. The van der Waals surface area contributed by atoms with E-state index in [1.807, 2.05) is 0 Å². The van der Waals surface area contributed by atoms with Gasteiger partial charge in [-0.3, -0.25) is 0 Å². The lowest BCUT2D eigenvalue weighted by atomic mass is 9.90. The van der Waals surface area contributed by atoms with Crippen LogP contribution in [0.2, 0.25) is 0 Å². The van der Waals surface area contributed by atoms with E-state index in [1.165, 1.54) is 38.5 Å². The van der Waals surface area contributed by atoms with Gasteiger partial charge >= 0.3 is 0 Å². The van der Waals surface area contributed by atoms with Crippen molar-refractivity contribution in [2.45, 2.75) is 75.8 Å². The van der Waals surface area contributed by atoms with Crippen molar-refractivity contribution in [1.29, 1.82) is 0 Å². The molecule has 0 N–H and O–H groups in total. The second-order valence-electron chi connectivity index (χ2n) is 5.45. The van der Waals surface area contributed by atoms with Gasteiger partial charge in [-0.1, -0.05) is 12.8 Å². The molecule has 0 amide bonds. The Labute approximate surface area is 105 Å². The van der Waals surface area contributed by atoms with Crippen molar-refractivity contribution >= 4 is 0 Å². The fraction of sp³-hybridized carbons (Fsp3) is 1.00. The summed E-state index contributed by atoms with van der Waals surface area (Å²) in [5.74, 6) is -0.767. The van der Waals surface area contributed by atoms with Gasteiger partial charge in [-0.15, -0.1) is 0 Å². The predicted molar refractivity (Wildman–Crippen MR) is 66.7 cm³/mol. The molecule has 0 unspecified atom stereocenters. The highest BCUT2D eigenvalue weighted by Gasteiger charge is 2.43. The molecule has 100 valence electrons. The van der Waals surface area contributed by atoms with Gasteiger partial charge in [0.25, 0.3) is 0 Å². The summed E-state index contributed by atoms with van der Waals surface area (Å²) in [5, 5.41) is 0. The maximum absolute atomic E-state index is 6.36. The molecule has 0 aromatic carbocycles. The average molecular weight is 242 g/mol. The van der Waals surface area contributed by atoms with Gasteiger partial charge in [0.2, 0.25) is 0 Å². The molecule has 17 heavy (non-hydrogen) atoms. The summed E-state index contributed by atoms with van der Waals surface area (Å²) in [7, 11) is 3.55. The van der Waals surface area contributed by atoms with E-state index in [1.54, 1.807) is 14.2 Å². The molecule has 0 spiro atoms. The first kappa shape index (κ1) is 13.3. The van der Waals surface area contributed by atoms with E-state index in [-0.39, 0.29) is 11.6 Å². The molecular formula is C14H26O3. The van der Waals surface area contributed by atoms with Crippen LogP contribution in [0.1, 0.15) is 64.2 Å². The summed E-state index contributed by atoms with van der Waals surface area (Å²) in [5.41, 5.74) is 0. The molecule has 0 atom stereocenters. The van der Waals surface area contributed by atoms with E-state index >= 15 is 0 Å². The average Bonchev–Trinajstić information content (AvgIpc) is 2.41. The molecule has 0 heterocycles. The van der Waals surface area contributed by atoms with Crippen LogP contribution in [0.5, 0.6) is 0 Å². The van der Waals surface area contributed by atoms with Crippen LogP contribution in [0.3, 0.4) is 0 Å². The molecule has 2 rings (SSSR count). The first-order chi connectivity index (χ1) is 8.24. The third kappa shape index (κ3) is 3.01. The summed E-state index contributed by atoms with van der Waals surface area (Å²) in [6.07, 6.45) is 11.4. The molecule has 0 aromatic rings. The lowest BCUT2D eigenvalue weighted by molar-refractivity contribution is -0.363. The van der Waals surface area contributed by atoms with Gasteiger partial charge in [0.15, 0.2) is 11.6 Å². The summed E-state index contributed by atoms with van der Waals surface area (Å²) in [6.45, 7) is 0. The smallest absolute Gasteiger partial charge is 0.171 e. The molecule has 2 aliphatic carbocycles. The van der Waals surface area contributed by atoms with Crippen LogP contribution in [-0.2, 0) is 14.2 Å². The van der Waals surface area contributed by atoms with Crippen molar-refractivity contribution in [3.8, 4) is 0 Å². The van der Waals surface area contributed by atoms with E-state index in [0.717, 1.165) is 25.7 Å². The minimum absolute atomic E-state index is 0.383. The van der Waals surface area contributed by atoms with Crippen LogP contribution in [-0.4, -0.2) is 25.8 Å². The van der Waals surface area contributed by atoms with E-state index in [9.17, 15) is 0 Å². The van der Waals surface area contributed by atoms with Crippen molar-refractivity contribution in [1.82, 2.24) is 0 Å². The Morgan fingerprint density at radius 1 is 0.588 bits per heavy atom. The Hall–Kier alpha value is -0.120. The zero-order chi connectivity index (χ0) is 12.2. The van der Waals surface area contributed by atoms with Gasteiger partial charge in [0.05, 0.1) is 0 Å². The number of ether oxygens (including phenoxy) is 3. The molecule has 0 saturated heterocycles. The second-order valence-corrected chi connectivity index (χ2v) is 5.45. The zero-order valence-corrected chi connectivity index (χ0v) is 11.3. The summed E-state index contributed by atoms with van der Waals surface area (Å²) in [6, 6.07) is 0. The topological polar surface area (TPSA) is 27.7 Å². The van der Waals surface area contributed by atoms with Crippen LogP contribution in [0.4, 0.5) is 0 Å². The number of hydrogen-bond donors (Lipinski definition) is 0. The second kappa shape index (κ2) is 5.68. The van der Waals surface area contributed by atoms with Crippen LogP contribution < -0.4 is 0 Å². The van der Waals surface area contributed by atoms with Crippen LogP contribution in [0.25, 0.3) is 0 Å². The monoisotopic (exact) mass is 242 g/mol. The van der Waals surface area contributed by atoms with Crippen molar-refractivity contribution in [2.24, 2.45) is 0 Å². The highest BCUT2D eigenvalue weighted by molar-refractivity contribution is 4.82. The molecule has 2 aliphatic rings. The molecular weight excluding hydrogens is 216 g/mol. The van der Waals surface area contributed by atoms with Gasteiger partial charge in [0, 0.05) is 39.9 Å². The zero-order valence-electron chi connectivity index (χ0n) is 11.3. The molecule has 3 nitrogen and oxygen atoms in total. The number of methoxy groups -OCH3 is 2. The molecule has 2 fully saturated rings. The van der Waals surface area contributed by atoms with E-state index in [4.69, 9.17) is 14.2 Å². The third-order valence-electron chi connectivity index (χ3n) is 4.35. The van der Waals surface area contributed by atoms with Crippen molar-refractivity contribution in [3.63, 3.8) is 0 Å². The summed E-state index contributed by atoms with van der Waals surface area (Å²) < 4.78 is 17.8. The lowest BCUT2D eigenvalue weighted by Crippen LogP contribution is -2.49. The van der Waals surface area contributed by atoms with Crippen molar-refractivity contribution < 1.29 is 14.2 Å². The minimum atomic E-state index is -0.383. The molecule has 2 saturated carbocycles. The van der Waals surface area contributed by atoms with E-state index in [2.05, 4.69) is 0 Å².